The van der Waals surface area contributed by atoms with Crippen molar-refractivity contribution in [3.63, 3.8) is 0 Å². The molecule has 6 nitrogen and oxygen atoms in total. The van der Waals surface area contributed by atoms with E-state index in [1.54, 1.807) is 24.4 Å². The number of aromatic nitrogens is 1. The minimum atomic E-state index is -3.78. The average Bonchev–Trinajstić information content (AvgIpc) is 2.62. The number of carbonyl (C=O) groups excluding carboxylic acids is 1. The number of halogens is 1. The molecule has 1 amide bonds. The van der Waals surface area contributed by atoms with E-state index >= 15 is 0 Å². The Hall–Kier alpha value is -2.48. The molecule has 1 N–H and O–H groups in total. The van der Waals surface area contributed by atoms with Crippen LogP contribution in [-0.2, 0) is 14.8 Å². The molecule has 0 radical (unpaired) electrons. The second kappa shape index (κ2) is 7.41. The first-order valence-corrected chi connectivity index (χ1v) is 9.55. The van der Waals surface area contributed by atoms with Crippen LogP contribution in [0.2, 0.25) is 5.02 Å². The first-order valence-electron chi connectivity index (χ1n) is 7.73. The van der Waals surface area contributed by atoms with E-state index in [1.165, 1.54) is 31.3 Å². The van der Waals surface area contributed by atoms with Crippen molar-refractivity contribution in [2.75, 3.05) is 18.9 Å². The Bertz CT molecular complexity index is 1050. The normalized spacial score (nSPS) is 11.7. The first kappa shape index (κ1) is 18.3. The zero-order chi connectivity index (χ0) is 18.7. The van der Waals surface area contributed by atoms with Crippen LogP contribution in [0, 0.1) is 0 Å². The number of fused-ring (bicyclic) bond motifs is 1. The Kier molecular flexibility index (Phi) is 5.22. The summed E-state index contributed by atoms with van der Waals surface area (Å²) in [7, 11) is -2.43. The molecule has 0 unspecified atom stereocenters. The number of benzene rings is 2. The van der Waals surface area contributed by atoms with Gasteiger partial charge in [-0.3, -0.25) is 9.78 Å². The molecule has 1 aromatic heterocycles. The van der Waals surface area contributed by atoms with Gasteiger partial charge in [-0.15, -0.1) is 0 Å². The van der Waals surface area contributed by atoms with Crippen LogP contribution in [-0.4, -0.2) is 37.2 Å². The van der Waals surface area contributed by atoms with Crippen molar-refractivity contribution in [2.45, 2.75) is 4.90 Å². The van der Waals surface area contributed by atoms with Gasteiger partial charge < -0.3 is 5.32 Å². The number of likely N-dealkylation sites (N-methyl/N-ethyl adjacent to an activating group) is 1. The molecule has 2 aromatic carbocycles. The largest absolute Gasteiger partial charge is 0.324 e. The Morgan fingerprint density at radius 1 is 1.12 bits per heavy atom. The number of sulfonamides is 1. The van der Waals surface area contributed by atoms with Gasteiger partial charge >= 0.3 is 0 Å². The molecule has 1 heterocycles. The van der Waals surface area contributed by atoms with E-state index in [4.69, 9.17) is 11.6 Å². The predicted octanol–water partition coefficient (Wildman–Crippen LogP) is 3.15. The third-order valence-corrected chi connectivity index (χ3v) is 5.88. The zero-order valence-electron chi connectivity index (χ0n) is 13.9. The summed E-state index contributed by atoms with van der Waals surface area (Å²) in [6, 6.07) is 14.8. The summed E-state index contributed by atoms with van der Waals surface area (Å²) in [5.41, 5.74) is 1.32. The van der Waals surface area contributed by atoms with E-state index in [-0.39, 0.29) is 11.4 Å². The minimum Gasteiger partial charge on any atom is -0.324 e. The van der Waals surface area contributed by atoms with Crippen molar-refractivity contribution >= 4 is 44.1 Å². The first-order chi connectivity index (χ1) is 12.4. The second-order valence-electron chi connectivity index (χ2n) is 5.64. The Labute approximate surface area is 156 Å². The molecule has 0 aliphatic rings. The second-order valence-corrected chi connectivity index (χ2v) is 8.12. The van der Waals surface area contributed by atoms with Crippen molar-refractivity contribution < 1.29 is 13.2 Å². The number of amides is 1. The van der Waals surface area contributed by atoms with Crippen LogP contribution in [0.1, 0.15) is 0 Å². The molecule has 134 valence electrons. The number of hydrogen-bond donors (Lipinski definition) is 1. The number of hydrogen-bond acceptors (Lipinski definition) is 4. The number of carbonyl (C=O) groups is 1. The lowest BCUT2D eigenvalue weighted by Gasteiger charge is -2.17. The van der Waals surface area contributed by atoms with Gasteiger partial charge in [-0.2, -0.15) is 4.31 Å². The van der Waals surface area contributed by atoms with Crippen LogP contribution in [0.5, 0.6) is 0 Å². The number of rotatable bonds is 5. The van der Waals surface area contributed by atoms with Gasteiger partial charge in [0.1, 0.15) is 0 Å². The lowest BCUT2D eigenvalue weighted by Crippen LogP contribution is -2.35. The molecule has 0 aliphatic heterocycles. The van der Waals surface area contributed by atoms with E-state index < -0.39 is 15.9 Å². The maximum atomic E-state index is 12.5. The fraction of sp³-hybridized carbons (Fsp3) is 0.111. The average molecular weight is 390 g/mol. The molecule has 3 aromatic rings. The number of nitrogens with one attached hydrogen (secondary N) is 1. The van der Waals surface area contributed by atoms with Crippen LogP contribution in [0.15, 0.2) is 65.7 Å². The van der Waals surface area contributed by atoms with E-state index in [0.717, 1.165) is 15.2 Å². The van der Waals surface area contributed by atoms with Crippen molar-refractivity contribution in [2.24, 2.45) is 0 Å². The summed E-state index contributed by atoms with van der Waals surface area (Å²) < 4.78 is 26.1. The molecule has 0 saturated carbocycles. The van der Waals surface area contributed by atoms with Crippen molar-refractivity contribution in [3.05, 3.63) is 65.8 Å². The van der Waals surface area contributed by atoms with Gasteiger partial charge in [-0.25, -0.2) is 8.42 Å². The molecule has 8 heteroatoms. The highest BCUT2D eigenvalue weighted by atomic mass is 35.5. The third kappa shape index (κ3) is 3.85. The van der Waals surface area contributed by atoms with Gasteiger partial charge in [0.2, 0.25) is 15.9 Å². The molecule has 0 spiro atoms. The van der Waals surface area contributed by atoms with Gasteiger partial charge in [-0.1, -0.05) is 17.7 Å². The summed E-state index contributed by atoms with van der Waals surface area (Å²) in [5.74, 6) is -0.443. The zero-order valence-corrected chi connectivity index (χ0v) is 15.5. The number of nitrogens with zero attached hydrogens (tertiary/aromatic N) is 2. The van der Waals surface area contributed by atoms with Gasteiger partial charge in [0.15, 0.2) is 0 Å². The van der Waals surface area contributed by atoms with Crippen LogP contribution < -0.4 is 5.32 Å². The Balaban J connectivity index is 1.76. The number of pyridine rings is 1. The highest BCUT2D eigenvalue weighted by Gasteiger charge is 2.23. The summed E-state index contributed by atoms with van der Waals surface area (Å²) >= 11 is 5.79. The molecular weight excluding hydrogens is 374 g/mol. The minimum absolute atomic E-state index is 0.0755. The number of anilines is 1. The summed E-state index contributed by atoms with van der Waals surface area (Å²) in [6.45, 7) is -0.318. The predicted molar refractivity (Wildman–Crippen MR) is 102 cm³/mol. The van der Waals surface area contributed by atoms with E-state index in [2.05, 4.69) is 10.3 Å². The van der Waals surface area contributed by atoms with Gasteiger partial charge in [-0.05, 0) is 48.5 Å². The maximum absolute atomic E-state index is 12.5. The SMILES string of the molecule is CN(CC(=O)Nc1cccc2ncccc12)S(=O)(=O)c1ccc(Cl)cc1. The Morgan fingerprint density at radius 2 is 1.85 bits per heavy atom. The third-order valence-electron chi connectivity index (χ3n) is 3.81. The summed E-state index contributed by atoms with van der Waals surface area (Å²) in [5, 5.41) is 3.96. The monoisotopic (exact) mass is 389 g/mol. The van der Waals surface area contributed by atoms with Crippen molar-refractivity contribution in [3.8, 4) is 0 Å². The van der Waals surface area contributed by atoms with Crippen LogP contribution in [0.4, 0.5) is 5.69 Å². The molecule has 0 fully saturated rings. The van der Waals surface area contributed by atoms with E-state index in [1.807, 2.05) is 12.1 Å². The van der Waals surface area contributed by atoms with Crippen molar-refractivity contribution in [1.82, 2.24) is 9.29 Å². The molecule has 0 aliphatic carbocycles. The fourth-order valence-electron chi connectivity index (χ4n) is 2.48. The molecule has 26 heavy (non-hydrogen) atoms. The van der Waals surface area contributed by atoms with Crippen LogP contribution >= 0.6 is 11.6 Å². The highest BCUT2D eigenvalue weighted by Crippen LogP contribution is 2.22. The van der Waals surface area contributed by atoms with Gasteiger partial charge in [0.25, 0.3) is 0 Å². The van der Waals surface area contributed by atoms with Gasteiger partial charge in [0, 0.05) is 23.7 Å². The quantitative estimate of drug-likeness (QED) is 0.727. The summed E-state index contributed by atoms with van der Waals surface area (Å²) in [6.07, 6.45) is 1.67. The molecule has 0 saturated heterocycles. The Morgan fingerprint density at radius 3 is 2.58 bits per heavy atom. The molecular formula is C18H16ClN3O3S. The standard InChI is InChI=1S/C18H16ClN3O3S/c1-22(26(24,25)14-9-7-13(19)8-10-14)12-18(23)21-17-6-2-5-16-15(17)4-3-11-20-16/h2-11H,12H2,1H3,(H,21,23). The van der Waals surface area contributed by atoms with Crippen LogP contribution in [0.3, 0.4) is 0 Å². The van der Waals surface area contributed by atoms with E-state index in [9.17, 15) is 13.2 Å². The van der Waals surface area contributed by atoms with Gasteiger partial charge in [0.05, 0.1) is 22.6 Å². The lowest BCUT2D eigenvalue weighted by atomic mass is 10.2. The molecule has 0 bridgehead atoms. The lowest BCUT2D eigenvalue weighted by molar-refractivity contribution is -0.116. The fourth-order valence-corrected chi connectivity index (χ4v) is 3.73. The highest BCUT2D eigenvalue weighted by molar-refractivity contribution is 7.89. The topological polar surface area (TPSA) is 79.4 Å². The molecule has 0 atom stereocenters. The van der Waals surface area contributed by atoms with Crippen molar-refractivity contribution in [1.29, 1.82) is 0 Å². The maximum Gasteiger partial charge on any atom is 0.243 e. The molecule has 3 rings (SSSR count). The smallest absolute Gasteiger partial charge is 0.243 e. The van der Waals surface area contributed by atoms with E-state index in [0.29, 0.717) is 10.7 Å². The van der Waals surface area contributed by atoms with Crippen LogP contribution in [0.25, 0.3) is 10.9 Å². The summed E-state index contributed by atoms with van der Waals surface area (Å²) in [4.78, 5) is 16.6.